The van der Waals surface area contributed by atoms with Crippen molar-refractivity contribution < 1.29 is 14.3 Å². The minimum atomic E-state index is -0.113. The molecule has 1 N–H and O–H groups in total. The van der Waals surface area contributed by atoms with Gasteiger partial charge in [-0.1, -0.05) is 6.07 Å². The quantitative estimate of drug-likeness (QED) is 0.294. The van der Waals surface area contributed by atoms with Crippen LogP contribution in [0.4, 0.5) is 0 Å². The van der Waals surface area contributed by atoms with Crippen molar-refractivity contribution in [2.24, 2.45) is 10.9 Å². The number of pyridine rings is 1. The van der Waals surface area contributed by atoms with Crippen LogP contribution in [0.25, 0.3) is 0 Å². The van der Waals surface area contributed by atoms with E-state index in [1.54, 1.807) is 6.20 Å². The van der Waals surface area contributed by atoms with E-state index < -0.39 is 0 Å². The van der Waals surface area contributed by atoms with Crippen LogP contribution in [0.1, 0.15) is 32.3 Å². The van der Waals surface area contributed by atoms with Gasteiger partial charge in [-0.05, 0) is 32.8 Å². The normalized spacial score (nSPS) is 15.2. The fourth-order valence-corrected chi connectivity index (χ4v) is 2.89. The second-order valence-electron chi connectivity index (χ2n) is 5.86. The summed E-state index contributed by atoms with van der Waals surface area (Å²) in [4.78, 5) is 22.9. The first-order valence-corrected chi connectivity index (χ1v) is 8.87. The summed E-state index contributed by atoms with van der Waals surface area (Å²) in [6.45, 7) is 7.44. The summed E-state index contributed by atoms with van der Waals surface area (Å²) in [7, 11) is 1.45. The largest absolute Gasteiger partial charge is 0.478 e. The summed E-state index contributed by atoms with van der Waals surface area (Å²) in [6.07, 6.45) is 3.29. The number of carbonyl (C=O) groups is 1. The van der Waals surface area contributed by atoms with E-state index in [0.717, 1.165) is 44.0 Å². The van der Waals surface area contributed by atoms with Crippen LogP contribution >= 0.6 is 24.0 Å². The van der Waals surface area contributed by atoms with E-state index in [1.165, 1.54) is 7.11 Å². The first-order chi connectivity index (χ1) is 12.2. The molecule has 0 spiro atoms. The van der Waals surface area contributed by atoms with Crippen LogP contribution in [-0.2, 0) is 16.1 Å². The van der Waals surface area contributed by atoms with Crippen molar-refractivity contribution in [1.29, 1.82) is 0 Å². The molecule has 26 heavy (non-hydrogen) atoms. The van der Waals surface area contributed by atoms with E-state index in [2.05, 4.69) is 15.2 Å². The first kappa shape index (κ1) is 22.5. The number of carbonyl (C=O) groups excluding carboxylic acids is 1. The molecule has 2 rings (SSSR count). The minimum absolute atomic E-state index is 0. The topological polar surface area (TPSA) is 76.1 Å². The summed E-state index contributed by atoms with van der Waals surface area (Å²) >= 11 is 0. The molecule has 0 aromatic carbocycles. The number of likely N-dealkylation sites (tertiary alicyclic amines) is 1. The zero-order valence-corrected chi connectivity index (χ0v) is 18.1. The standard InChI is InChI=1S/C18H28N4O3.HI/c1-4-19-18(22-11-8-14(9-12-22)17(23)24-3)21-13-15-7-6-10-20-16(15)25-5-2;/h6-7,10,14H,4-5,8-9,11-13H2,1-3H3,(H,19,21);1H. The number of aliphatic imine (C=N–C) groups is 1. The highest BCUT2D eigenvalue weighted by Crippen LogP contribution is 2.19. The van der Waals surface area contributed by atoms with Crippen molar-refractivity contribution in [2.45, 2.75) is 33.2 Å². The van der Waals surface area contributed by atoms with E-state index in [9.17, 15) is 4.79 Å². The molecule has 7 nitrogen and oxygen atoms in total. The molecule has 0 saturated carbocycles. The van der Waals surface area contributed by atoms with E-state index in [1.807, 2.05) is 26.0 Å². The molecule has 8 heteroatoms. The second kappa shape index (κ2) is 11.9. The molecular formula is C18H29IN4O3. The minimum Gasteiger partial charge on any atom is -0.478 e. The number of nitrogens with one attached hydrogen (secondary N) is 1. The first-order valence-electron chi connectivity index (χ1n) is 8.87. The van der Waals surface area contributed by atoms with Gasteiger partial charge in [0.25, 0.3) is 0 Å². The van der Waals surface area contributed by atoms with Gasteiger partial charge in [-0.3, -0.25) is 4.79 Å². The van der Waals surface area contributed by atoms with Crippen LogP contribution in [0.2, 0.25) is 0 Å². The van der Waals surface area contributed by atoms with E-state index in [4.69, 9.17) is 14.5 Å². The molecule has 1 fully saturated rings. The average Bonchev–Trinajstić information content (AvgIpc) is 2.66. The summed E-state index contributed by atoms with van der Waals surface area (Å²) in [5.74, 6) is 1.37. The summed E-state index contributed by atoms with van der Waals surface area (Å²) in [5.41, 5.74) is 0.962. The van der Waals surface area contributed by atoms with Crippen molar-refractivity contribution in [2.75, 3.05) is 33.4 Å². The van der Waals surface area contributed by atoms with Gasteiger partial charge >= 0.3 is 5.97 Å². The van der Waals surface area contributed by atoms with Crippen LogP contribution in [0.3, 0.4) is 0 Å². The maximum atomic E-state index is 11.7. The maximum absolute atomic E-state index is 11.7. The highest BCUT2D eigenvalue weighted by molar-refractivity contribution is 14.0. The monoisotopic (exact) mass is 476 g/mol. The van der Waals surface area contributed by atoms with Gasteiger partial charge < -0.3 is 19.7 Å². The van der Waals surface area contributed by atoms with Crippen molar-refractivity contribution in [3.8, 4) is 5.88 Å². The SMILES string of the molecule is CCNC(=NCc1cccnc1OCC)N1CCC(C(=O)OC)CC1.I. The number of methoxy groups -OCH3 is 1. The van der Waals surface area contributed by atoms with E-state index >= 15 is 0 Å². The Morgan fingerprint density at radius 3 is 2.73 bits per heavy atom. The zero-order valence-electron chi connectivity index (χ0n) is 15.7. The van der Waals surface area contributed by atoms with E-state index in [0.29, 0.717) is 19.0 Å². The summed E-state index contributed by atoms with van der Waals surface area (Å²) < 4.78 is 10.4. The maximum Gasteiger partial charge on any atom is 0.308 e. The molecule has 1 aromatic rings. The lowest BCUT2D eigenvalue weighted by molar-refractivity contribution is -0.146. The fourth-order valence-electron chi connectivity index (χ4n) is 2.89. The highest BCUT2D eigenvalue weighted by atomic mass is 127. The Labute approximate surface area is 172 Å². The van der Waals surface area contributed by atoms with Crippen molar-refractivity contribution in [3.05, 3.63) is 23.9 Å². The number of nitrogens with zero attached hydrogens (tertiary/aromatic N) is 3. The number of hydrogen-bond acceptors (Lipinski definition) is 5. The zero-order chi connectivity index (χ0) is 18.1. The molecule has 0 bridgehead atoms. The van der Waals surface area contributed by atoms with Gasteiger partial charge in [0.2, 0.25) is 5.88 Å². The van der Waals surface area contributed by atoms with Gasteiger partial charge in [0.1, 0.15) is 0 Å². The Morgan fingerprint density at radius 1 is 1.38 bits per heavy atom. The molecule has 1 aromatic heterocycles. The van der Waals surface area contributed by atoms with Gasteiger partial charge in [-0.2, -0.15) is 0 Å². The molecule has 0 amide bonds. The lowest BCUT2D eigenvalue weighted by atomic mass is 9.97. The van der Waals surface area contributed by atoms with Crippen molar-refractivity contribution >= 4 is 35.9 Å². The highest BCUT2D eigenvalue weighted by Gasteiger charge is 2.26. The molecule has 0 unspecified atom stereocenters. The Hall–Kier alpha value is -1.58. The van der Waals surface area contributed by atoms with Crippen LogP contribution in [0.15, 0.2) is 23.3 Å². The third kappa shape index (κ3) is 6.30. The Morgan fingerprint density at radius 2 is 2.12 bits per heavy atom. The average molecular weight is 476 g/mol. The fraction of sp³-hybridized carbons (Fsp3) is 0.611. The molecule has 0 atom stereocenters. The third-order valence-corrected chi connectivity index (χ3v) is 4.19. The van der Waals surface area contributed by atoms with Gasteiger partial charge in [-0.25, -0.2) is 9.98 Å². The number of hydrogen-bond donors (Lipinski definition) is 1. The van der Waals surface area contributed by atoms with Gasteiger partial charge in [0, 0.05) is 31.4 Å². The molecular weight excluding hydrogens is 447 g/mol. The molecule has 2 heterocycles. The Balaban J connectivity index is 0.00000338. The van der Waals surface area contributed by atoms with Crippen LogP contribution in [0, 0.1) is 5.92 Å². The second-order valence-corrected chi connectivity index (χ2v) is 5.86. The summed E-state index contributed by atoms with van der Waals surface area (Å²) in [5, 5.41) is 3.33. The van der Waals surface area contributed by atoms with Crippen LogP contribution in [-0.4, -0.2) is 55.2 Å². The Bertz CT molecular complexity index is 590. The molecule has 1 aliphatic heterocycles. The smallest absolute Gasteiger partial charge is 0.308 e. The van der Waals surface area contributed by atoms with E-state index in [-0.39, 0.29) is 35.9 Å². The van der Waals surface area contributed by atoms with Gasteiger partial charge in [0.05, 0.1) is 26.2 Å². The lowest BCUT2D eigenvalue weighted by Crippen LogP contribution is -2.46. The number of halogens is 1. The number of rotatable bonds is 6. The predicted octanol–water partition coefficient (Wildman–Crippen LogP) is 2.45. The number of piperidine rings is 1. The summed E-state index contributed by atoms with van der Waals surface area (Å²) in [6, 6.07) is 3.87. The van der Waals surface area contributed by atoms with Crippen molar-refractivity contribution in [1.82, 2.24) is 15.2 Å². The molecule has 0 radical (unpaired) electrons. The molecule has 0 aliphatic carbocycles. The van der Waals surface area contributed by atoms with Crippen LogP contribution in [0.5, 0.6) is 5.88 Å². The number of aromatic nitrogens is 1. The Kier molecular flexibility index (Phi) is 10.3. The number of guanidine groups is 1. The molecule has 1 saturated heterocycles. The number of ether oxygens (including phenoxy) is 2. The molecule has 1 aliphatic rings. The lowest BCUT2D eigenvalue weighted by Gasteiger charge is -2.33. The van der Waals surface area contributed by atoms with Gasteiger partial charge in [0.15, 0.2) is 5.96 Å². The van der Waals surface area contributed by atoms with Crippen LogP contribution < -0.4 is 10.1 Å². The number of esters is 1. The third-order valence-electron chi connectivity index (χ3n) is 4.19. The predicted molar refractivity (Wildman–Crippen MR) is 112 cm³/mol. The van der Waals surface area contributed by atoms with Gasteiger partial charge in [-0.15, -0.1) is 24.0 Å². The van der Waals surface area contributed by atoms with Crippen molar-refractivity contribution in [3.63, 3.8) is 0 Å². The molecule has 146 valence electrons.